The van der Waals surface area contributed by atoms with Crippen LogP contribution in [0.2, 0.25) is 0 Å². The molecule has 0 saturated carbocycles. The third-order valence-corrected chi connectivity index (χ3v) is 2.95. The van der Waals surface area contributed by atoms with Crippen molar-refractivity contribution < 1.29 is 19.1 Å². The molecule has 0 aliphatic heterocycles. The third kappa shape index (κ3) is 5.25. The minimum absolute atomic E-state index is 0.110. The zero-order valence-corrected chi connectivity index (χ0v) is 13.0. The van der Waals surface area contributed by atoms with Gasteiger partial charge in [-0.3, -0.25) is 0 Å². The number of nitrogens with one attached hydrogen (secondary N) is 1. The maximum atomic E-state index is 12.0. The zero-order chi connectivity index (χ0) is 16.4. The van der Waals surface area contributed by atoms with E-state index in [0.29, 0.717) is 13.0 Å². The molecule has 0 spiro atoms. The minimum Gasteiger partial charge on any atom is -0.496 e. The Morgan fingerprint density at radius 3 is 2.68 bits per heavy atom. The maximum absolute atomic E-state index is 12.0. The quantitative estimate of drug-likeness (QED) is 0.793. The number of benzene rings is 1. The van der Waals surface area contributed by atoms with Gasteiger partial charge in [-0.05, 0) is 25.0 Å². The molecule has 0 aliphatic rings. The highest BCUT2D eigenvalue weighted by Crippen LogP contribution is 2.17. The highest BCUT2D eigenvalue weighted by molar-refractivity contribution is 5.90. The number of carbonyl (C=O) groups is 2. The van der Waals surface area contributed by atoms with E-state index in [2.05, 4.69) is 5.32 Å². The van der Waals surface area contributed by atoms with Crippen LogP contribution in [0.25, 0.3) is 0 Å². The molecule has 7 nitrogen and oxygen atoms in total. The number of imide groups is 1. The van der Waals surface area contributed by atoms with Crippen molar-refractivity contribution >= 4 is 12.1 Å². The number of methoxy groups -OCH3 is 1. The summed E-state index contributed by atoms with van der Waals surface area (Å²) in [5.41, 5.74) is 6.39. The molecule has 1 rings (SSSR count). The molecule has 3 amide bonds. The van der Waals surface area contributed by atoms with Crippen LogP contribution in [-0.2, 0) is 11.2 Å². The van der Waals surface area contributed by atoms with Gasteiger partial charge in [0.2, 0.25) is 0 Å². The molecule has 0 bridgehead atoms. The van der Waals surface area contributed by atoms with Gasteiger partial charge in [-0.1, -0.05) is 18.2 Å². The normalized spacial score (nSPS) is 9.95. The van der Waals surface area contributed by atoms with E-state index in [9.17, 15) is 9.59 Å². The van der Waals surface area contributed by atoms with Crippen molar-refractivity contribution in [1.82, 2.24) is 10.2 Å². The number of nitrogens with zero attached hydrogens (tertiary/aromatic N) is 1. The highest BCUT2D eigenvalue weighted by Gasteiger charge is 2.21. The van der Waals surface area contributed by atoms with Crippen LogP contribution in [0.3, 0.4) is 0 Å². The molecule has 0 atom stereocenters. The third-order valence-electron chi connectivity index (χ3n) is 2.95. The van der Waals surface area contributed by atoms with Crippen LogP contribution in [0.5, 0.6) is 5.75 Å². The molecule has 1 aromatic carbocycles. The molecular formula is C15H23N3O4. The van der Waals surface area contributed by atoms with Crippen molar-refractivity contribution in [2.45, 2.75) is 13.3 Å². The van der Waals surface area contributed by atoms with Gasteiger partial charge in [0.15, 0.2) is 0 Å². The van der Waals surface area contributed by atoms with Crippen molar-refractivity contribution in [3.8, 4) is 5.75 Å². The van der Waals surface area contributed by atoms with Crippen molar-refractivity contribution in [2.75, 3.05) is 33.4 Å². The molecule has 0 aromatic heterocycles. The number of ether oxygens (including phenoxy) is 2. The first-order chi connectivity index (χ1) is 10.6. The van der Waals surface area contributed by atoms with Crippen LogP contribution >= 0.6 is 0 Å². The Kier molecular flexibility index (Phi) is 7.77. The Balaban J connectivity index is 2.54. The molecule has 7 heteroatoms. The monoisotopic (exact) mass is 309 g/mol. The molecule has 0 saturated heterocycles. The topological polar surface area (TPSA) is 93.9 Å². The van der Waals surface area contributed by atoms with E-state index in [1.807, 2.05) is 24.3 Å². The molecule has 22 heavy (non-hydrogen) atoms. The first-order valence-corrected chi connectivity index (χ1v) is 7.18. The SMILES string of the molecule is CCOC(=O)N(CCN)C(=O)NCCc1ccccc1OC. The number of para-hydroxylation sites is 1. The molecule has 1 aromatic rings. The van der Waals surface area contributed by atoms with E-state index >= 15 is 0 Å². The molecule has 0 aliphatic carbocycles. The van der Waals surface area contributed by atoms with E-state index in [1.165, 1.54) is 0 Å². The minimum atomic E-state index is -0.692. The summed E-state index contributed by atoms with van der Waals surface area (Å²) in [6, 6.07) is 7.05. The molecule has 0 radical (unpaired) electrons. The van der Waals surface area contributed by atoms with Crippen molar-refractivity contribution in [3.63, 3.8) is 0 Å². The Morgan fingerprint density at radius 2 is 2.05 bits per heavy atom. The lowest BCUT2D eigenvalue weighted by Gasteiger charge is -2.19. The molecular weight excluding hydrogens is 286 g/mol. The number of carbonyl (C=O) groups excluding carboxylic acids is 2. The largest absolute Gasteiger partial charge is 0.496 e. The summed E-state index contributed by atoms with van der Waals surface area (Å²) in [5.74, 6) is 0.765. The zero-order valence-electron chi connectivity index (χ0n) is 13.0. The van der Waals surface area contributed by atoms with Gasteiger partial charge in [-0.15, -0.1) is 0 Å². The maximum Gasteiger partial charge on any atom is 0.418 e. The average molecular weight is 309 g/mol. The van der Waals surface area contributed by atoms with Gasteiger partial charge < -0.3 is 20.5 Å². The van der Waals surface area contributed by atoms with Crippen LogP contribution in [0.4, 0.5) is 9.59 Å². The fourth-order valence-corrected chi connectivity index (χ4v) is 1.92. The Labute approximate surface area is 130 Å². The second kappa shape index (κ2) is 9.62. The fraction of sp³-hybridized carbons (Fsp3) is 0.467. The number of amides is 3. The summed E-state index contributed by atoms with van der Waals surface area (Å²) in [7, 11) is 1.60. The van der Waals surface area contributed by atoms with Crippen LogP contribution < -0.4 is 15.8 Å². The Morgan fingerprint density at radius 1 is 1.32 bits per heavy atom. The van der Waals surface area contributed by atoms with Gasteiger partial charge in [-0.2, -0.15) is 0 Å². The van der Waals surface area contributed by atoms with Crippen LogP contribution in [0, 0.1) is 0 Å². The summed E-state index contributed by atoms with van der Waals surface area (Å²) < 4.78 is 10.1. The summed E-state index contributed by atoms with van der Waals surface area (Å²) >= 11 is 0. The van der Waals surface area contributed by atoms with Gasteiger partial charge in [0, 0.05) is 19.6 Å². The lowest BCUT2D eigenvalue weighted by molar-refractivity contribution is 0.115. The van der Waals surface area contributed by atoms with Crippen LogP contribution in [0.1, 0.15) is 12.5 Å². The fourth-order valence-electron chi connectivity index (χ4n) is 1.92. The summed E-state index contributed by atoms with van der Waals surface area (Å²) in [4.78, 5) is 24.7. The van der Waals surface area contributed by atoms with E-state index in [0.717, 1.165) is 16.2 Å². The van der Waals surface area contributed by atoms with Gasteiger partial charge in [-0.25, -0.2) is 14.5 Å². The second-order valence-electron chi connectivity index (χ2n) is 4.43. The molecule has 122 valence electrons. The first-order valence-electron chi connectivity index (χ1n) is 7.18. The van der Waals surface area contributed by atoms with Gasteiger partial charge in [0.25, 0.3) is 0 Å². The number of hydrogen-bond donors (Lipinski definition) is 2. The predicted molar refractivity (Wildman–Crippen MR) is 82.9 cm³/mol. The number of hydrogen-bond acceptors (Lipinski definition) is 5. The molecule has 0 heterocycles. The molecule has 0 unspecified atom stereocenters. The molecule has 0 fully saturated rings. The van der Waals surface area contributed by atoms with E-state index in [4.69, 9.17) is 15.2 Å². The summed E-state index contributed by atoms with van der Waals surface area (Å²) in [6.45, 7) is 2.55. The number of nitrogens with two attached hydrogens (primary N) is 1. The smallest absolute Gasteiger partial charge is 0.418 e. The van der Waals surface area contributed by atoms with Crippen LogP contribution in [0.15, 0.2) is 24.3 Å². The van der Waals surface area contributed by atoms with E-state index < -0.39 is 12.1 Å². The van der Waals surface area contributed by atoms with Gasteiger partial charge in [0.1, 0.15) is 5.75 Å². The predicted octanol–water partition coefficient (Wildman–Crippen LogP) is 1.36. The number of rotatable bonds is 7. The van der Waals surface area contributed by atoms with Crippen molar-refractivity contribution in [2.24, 2.45) is 5.73 Å². The summed E-state index contributed by atoms with van der Waals surface area (Å²) in [5, 5.41) is 2.68. The molecule has 3 N–H and O–H groups in total. The summed E-state index contributed by atoms with van der Waals surface area (Å²) in [6.07, 6.45) is -0.0996. The lowest BCUT2D eigenvalue weighted by atomic mass is 10.1. The standard InChI is InChI=1S/C15H23N3O4/c1-3-22-15(20)18(11-9-16)14(19)17-10-8-12-6-4-5-7-13(12)21-2/h4-7H,3,8-11,16H2,1-2H3,(H,17,19). The average Bonchev–Trinajstić information content (AvgIpc) is 2.53. The Bertz CT molecular complexity index is 493. The van der Waals surface area contributed by atoms with Crippen LogP contribution in [-0.4, -0.2) is 50.4 Å². The second-order valence-corrected chi connectivity index (χ2v) is 4.43. The van der Waals surface area contributed by atoms with Crippen molar-refractivity contribution in [1.29, 1.82) is 0 Å². The Hall–Kier alpha value is -2.28. The first kappa shape index (κ1) is 17.8. The van der Waals surface area contributed by atoms with E-state index in [1.54, 1.807) is 14.0 Å². The highest BCUT2D eigenvalue weighted by atomic mass is 16.6. The number of urea groups is 1. The van der Waals surface area contributed by atoms with Crippen molar-refractivity contribution in [3.05, 3.63) is 29.8 Å². The van der Waals surface area contributed by atoms with Gasteiger partial charge >= 0.3 is 12.1 Å². The van der Waals surface area contributed by atoms with E-state index in [-0.39, 0.29) is 19.7 Å². The van der Waals surface area contributed by atoms with Gasteiger partial charge in [0.05, 0.1) is 13.7 Å². The lowest BCUT2D eigenvalue weighted by Crippen LogP contribution is -2.46.